The van der Waals surface area contributed by atoms with Crippen LogP contribution in [-0.4, -0.2) is 17.6 Å². The Hall–Kier alpha value is -1.52. The number of H-pyrrole nitrogens is 1. The van der Waals surface area contributed by atoms with Crippen LogP contribution < -0.4 is 0 Å². The predicted molar refractivity (Wildman–Crippen MR) is 81.3 cm³/mol. The van der Waals surface area contributed by atoms with E-state index in [0.717, 1.165) is 35.0 Å². The minimum absolute atomic E-state index is 0.346. The quantitative estimate of drug-likeness (QED) is 0.875. The molecular formula is C16H18ClNO3. The zero-order valence-corrected chi connectivity index (χ0v) is 12.9. The molecule has 0 bridgehead atoms. The first-order valence-corrected chi connectivity index (χ1v) is 7.58. The fourth-order valence-corrected chi connectivity index (χ4v) is 3.32. The van der Waals surface area contributed by atoms with Gasteiger partial charge in [0.1, 0.15) is 0 Å². The van der Waals surface area contributed by atoms with Crippen molar-refractivity contribution >= 4 is 28.5 Å². The Morgan fingerprint density at radius 2 is 2.33 bits per heavy atom. The van der Waals surface area contributed by atoms with E-state index in [4.69, 9.17) is 21.1 Å². The topological polar surface area (TPSA) is 51.3 Å². The summed E-state index contributed by atoms with van der Waals surface area (Å²) in [4.78, 5) is 14.9. The average Bonchev–Trinajstić information content (AvgIpc) is 2.80. The van der Waals surface area contributed by atoms with E-state index < -0.39 is 5.79 Å². The molecule has 0 fully saturated rings. The summed E-state index contributed by atoms with van der Waals surface area (Å²) in [6, 6.07) is 5.81. The fourth-order valence-electron chi connectivity index (χ4n) is 3.10. The molecule has 1 unspecified atom stereocenters. The molecule has 3 rings (SSSR count). The van der Waals surface area contributed by atoms with Gasteiger partial charge in [0.15, 0.2) is 0 Å². The van der Waals surface area contributed by atoms with Gasteiger partial charge < -0.3 is 14.5 Å². The normalized spacial score (nSPS) is 21.3. The summed E-state index contributed by atoms with van der Waals surface area (Å²) in [6.45, 7) is 3.98. The van der Waals surface area contributed by atoms with E-state index in [-0.39, 0.29) is 5.97 Å². The summed E-state index contributed by atoms with van der Waals surface area (Å²) in [5.74, 6) is -1.36. The number of aromatic nitrogens is 1. The van der Waals surface area contributed by atoms with E-state index >= 15 is 0 Å². The number of para-hydroxylation sites is 1. The van der Waals surface area contributed by atoms with Crippen LogP contribution in [0, 0.1) is 0 Å². The average molecular weight is 308 g/mol. The summed E-state index contributed by atoms with van der Waals surface area (Å²) >= 11 is 6.27. The van der Waals surface area contributed by atoms with Crippen molar-refractivity contribution in [3.05, 3.63) is 34.5 Å². The summed E-state index contributed by atoms with van der Waals surface area (Å²) in [7, 11) is 0. The summed E-state index contributed by atoms with van der Waals surface area (Å²) in [5, 5.41) is 1.74. The first kappa shape index (κ1) is 14.4. The lowest BCUT2D eigenvalue weighted by molar-refractivity contribution is -0.247. The third-order valence-electron chi connectivity index (χ3n) is 3.85. The Morgan fingerprint density at radius 3 is 3.05 bits per heavy atom. The van der Waals surface area contributed by atoms with Gasteiger partial charge in [-0.05, 0) is 24.5 Å². The molecule has 112 valence electrons. The number of rotatable bonds is 3. The van der Waals surface area contributed by atoms with Crippen molar-refractivity contribution in [2.75, 3.05) is 6.61 Å². The van der Waals surface area contributed by atoms with Gasteiger partial charge in [0.25, 0.3) is 5.79 Å². The number of carbonyl (C=O) groups excluding carboxylic acids is 1. The van der Waals surface area contributed by atoms with Crippen molar-refractivity contribution in [2.45, 2.75) is 38.9 Å². The molecule has 5 heteroatoms. The Balaban J connectivity index is 2.22. The largest absolute Gasteiger partial charge is 0.427 e. The molecule has 1 aliphatic rings. The van der Waals surface area contributed by atoms with Gasteiger partial charge in [-0.25, -0.2) is 0 Å². The van der Waals surface area contributed by atoms with Gasteiger partial charge in [-0.3, -0.25) is 4.79 Å². The van der Waals surface area contributed by atoms with Crippen molar-refractivity contribution in [1.29, 1.82) is 0 Å². The molecule has 1 N–H and O–H groups in total. The van der Waals surface area contributed by atoms with Gasteiger partial charge in [-0.2, -0.15) is 0 Å². The Kier molecular flexibility index (Phi) is 3.68. The van der Waals surface area contributed by atoms with Crippen molar-refractivity contribution in [2.24, 2.45) is 0 Å². The standard InChI is InChI=1S/C16H18ClNO3/c1-3-8-16(21-10(2)19)15-12(7-9-20-16)11-5-4-6-13(17)14(11)18-15/h4-6,18H,3,7-9H2,1-2H3. The monoisotopic (exact) mass is 307 g/mol. The second-order valence-corrected chi connectivity index (χ2v) is 5.74. The van der Waals surface area contributed by atoms with E-state index in [9.17, 15) is 4.79 Å². The van der Waals surface area contributed by atoms with Crippen LogP contribution in [0.2, 0.25) is 5.02 Å². The summed E-state index contributed by atoms with van der Waals surface area (Å²) in [6.07, 6.45) is 2.24. The molecule has 0 amide bonds. The van der Waals surface area contributed by atoms with E-state index in [2.05, 4.69) is 4.98 Å². The van der Waals surface area contributed by atoms with Gasteiger partial charge in [-0.15, -0.1) is 0 Å². The summed E-state index contributed by atoms with van der Waals surface area (Å²) in [5.41, 5.74) is 2.84. The van der Waals surface area contributed by atoms with Crippen LogP contribution in [0.1, 0.15) is 37.9 Å². The first-order valence-electron chi connectivity index (χ1n) is 7.20. The van der Waals surface area contributed by atoms with Crippen LogP contribution in [0.15, 0.2) is 18.2 Å². The van der Waals surface area contributed by atoms with Gasteiger partial charge >= 0.3 is 5.97 Å². The number of fused-ring (bicyclic) bond motifs is 3. The van der Waals surface area contributed by atoms with Crippen LogP contribution >= 0.6 is 11.6 Å². The van der Waals surface area contributed by atoms with Crippen molar-refractivity contribution in [3.8, 4) is 0 Å². The number of esters is 1. The molecule has 0 saturated carbocycles. The Morgan fingerprint density at radius 1 is 1.52 bits per heavy atom. The molecule has 21 heavy (non-hydrogen) atoms. The smallest absolute Gasteiger partial charge is 0.305 e. The van der Waals surface area contributed by atoms with Gasteiger partial charge in [0.2, 0.25) is 0 Å². The summed E-state index contributed by atoms with van der Waals surface area (Å²) < 4.78 is 11.5. The molecule has 2 aromatic rings. The molecule has 2 heterocycles. The lowest BCUT2D eigenvalue weighted by atomic mass is 9.97. The van der Waals surface area contributed by atoms with E-state index in [1.807, 2.05) is 25.1 Å². The zero-order valence-electron chi connectivity index (χ0n) is 12.2. The molecule has 0 saturated heterocycles. The predicted octanol–water partition coefficient (Wildman–Crippen LogP) is 3.91. The molecule has 0 radical (unpaired) electrons. The van der Waals surface area contributed by atoms with Crippen LogP contribution in [0.5, 0.6) is 0 Å². The number of ether oxygens (including phenoxy) is 2. The number of nitrogens with one attached hydrogen (secondary N) is 1. The third-order valence-corrected chi connectivity index (χ3v) is 4.16. The van der Waals surface area contributed by atoms with E-state index in [1.54, 1.807) is 0 Å². The second-order valence-electron chi connectivity index (χ2n) is 5.34. The number of hydrogen-bond donors (Lipinski definition) is 1. The molecule has 1 aromatic carbocycles. The van der Waals surface area contributed by atoms with Crippen molar-refractivity contribution in [3.63, 3.8) is 0 Å². The van der Waals surface area contributed by atoms with E-state index in [0.29, 0.717) is 18.1 Å². The highest BCUT2D eigenvalue weighted by atomic mass is 35.5. The third kappa shape index (κ3) is 2.32. The highest BCUT2D eigenvalue weighted by Crippen LogP contribution is 2.42. The molecule has 4 nitrogen and oxygen atoms in total. The molecule has 1 aromatic heterocycles. The molecular weight excluding hydrogens is 290 g/mol. The fraction of sp³-hybridized carbons (Fsp3) is 0.438. The van der Waals surface area contributed by atoms with Gasteiger partial charge in [0, 0.05) is 18.7 Å². The van der Waals surface area contributed by atoms with Crippen LogP contribution in [0.4, 0.5) is 0 Å². The Bertz CT molecular complexity index is 694. The molecule has 0 aliphatic carbocycles. The highest BCUT2D eigenvalue weighted by Gasteiger charge is 2.43. The number of benzene rings is 1. The van der Waals surface area contributed by atoms with Gasteiger partial charge in [0.05, 0.1) is 22.8 Å². The molecule has 1 aliphatic heterocycles. The lowest BCUT2D eigenvalue weighted by Gasteiger charge is -2.36. The van der Waals surface area contributed by atoms with Crippen molar-refractivity contribution in [1.82, 2.24) is 4.98 Å². The number of halogens is 1. The number of aromatic amines is 1. The number of carbonyl (C=O) groups is 1. The maximum atomic E-state index is 11.5. The number of hydrogen-bond acceptors (Lipinski definition) is 3. The van der Waals surface area contributed by atoms with Crippen LogP contribution in [-0.2, 0) is 26.5 Å². The highest BCUT2D eigenvalue weighted by molar-refractivity contribution is 6.35. The minimum Gasteiger partial charge on any atom is -0.427 e. The maximum Gasteiger partial charge on any atom is 0.305 e. The first-order chi connectivity index (χ1) is 10.1. The van der Waals surface area contributed by atoms with Crippen LogP contribution in [0.25, 0.3) is 10.9 Å². The zero-order chi connectivity index (χ0) is 15.0. The van der Waals surface area contributed by atoms with Gasteiger partial charge in [-0.1, -0.05) is 30.7 Å². The SMILES string of the molecule is CCCC1(OC(C)=O)OCCc2c1[nH]c1c(Cl)cccc21. The minimum atomic E-state index is -1.02. The van der Waals surface area contributed by atoms with Crippen LogP contribution in [0.3, 0.4) is 0 Å². The molecule has 0 spiro atoms. The Labute approximate surface area is 128 Å². The van der Waals surface area contributed by atoms with E-state index in [1.165, 1.54) is 6.92 Å². The lowest BCUT2D eigenvalue weighted by Crippen LogP contribution is -2.39. The second kappa shape index (κ2) is 5.35. The van der Waals surface area contributed by atoms with Crippen molar-refractivity contribution < 1.29 is 14.3 Å². The maximum absolute atomic E-state index is 11.5. The molecule has 1 atom stereocenters.